The number of hydrogen-bond donors (Lipinski definition) is 0. The van der Waals surface area contributed by atoms with Crippen LogP contribution in [0.15, 0.2) is 0 Å². The highest BCUT2D eigenvalue weighted by Gasteiger charge is 2.34. The van der Waals surface area contributed by atoms with Crippen LogP contribution in [0.25, 0.3) is 0 Å². The summed E-state index contributed by atoms with van der Waals surface area (Å²) in [6.45, 7) is 5.43. The van der Waals surface area contributed by atoms with Crippen LogP contribution >= 0.6 is 15.9 Å². The number of alkyl halides is 1. The van der Waals surface area contributed by atoms with Crippen LogP contribution in [0.1, 0.15) is 46.0 Å². The zero-order valence-electron chi connectivity index (χ0n) is 8.81. The van der Waals surface area contributed by atoms with E-state index in [1.54, 1.807) is 0 Å². The van der Waals surface area contributed by atoms with Crippen molar-refractivity contribution >= 4 is 15.9 Å². The predicted octanol–water partition coefficient (Wildman–Crippen LogP) is 3.76. The van der Waals surface area contributed by atoms with E-state index in [0.717, 1.165) is 24.3 Å². The van der Waals surface area contributed by atoms with Crippen molar-refractivity contribution in [2.75, 3.05) is 11.9 Å². The molecule has 0 N–H and O–H groups in total. The molecule has 78 valence electrons. The minimum Gasteiger partial charge on any atom is -0.374 e. The van der Waals surface area contributed by atoms with Crippen molar-refractivity contribution in [1.82, 2.24) is 0 Å². The van der Waals surface area contributed by atoms with Crippen LogP contribution in [-0.4, -0.2) is 17.5 Å². The quantitative estimate of drug-likeness (QED) is 0.689. The highest BCUT2D eigenvalue weighted by Crippen LogP contribution is 2.36. The molecule has 0 aliphatic heterocycles. The summed E-state index contributed by atoms with van der Waals surface area (Å²) >= 11 is 3.60. The van der Waals surface area contributed by atoms with E-state index < -0.39 is 0 Å². The van der Waals surface area contributed by atoms with Crippen LogP contribution in [0.4, 0.5) is 0 Å². The van der Waals surface area contributed by atoms with Crippen LogP contribution < -0.4 is 0 Å². The van der Waals surface area contributed by atoms with Gasteiger partial charge < -0.3 is 4.74 Å². The summed E-state index contributed by atoms with van der Waals surface area (Å²) < 4.78 is 5.99. The Bertz CT molecular complexity index is 149. The molecular weight excluding hydrogens is 228 g/mol. The van der Waals surface area contributed by atoms with Crippen LogP contribution in [0.2, 0.25) is 0 Å². The van der Waals surface area contributed by atoms with E-state index in [4.69, 9.17) is 4.74 Å². The second-order valence-electron chi connectivity index (χ2n) is 4.37. The molecule has 1 saturated carbocycles. The van der Waals surface area contributed by atoms with Crippen molar-refractivity contribution in [1.29, 1.82) is 0 Å². The van der Waals surface area contributed by atoms with Gasteiger partial charge in [0.05, 0.1) is 5.60 Å². The molecule has 13 heavy (non-hydrogen) atoms. The average Bonchev–Trinajstić information content (AvgIpc) is 2.15. The molecule has 1 rings (SSSR count). The molecule has 0 radical (unpaired) electrons. The molecule has 1 nitrogen and oxygen atoms in total. The second-order valence-corrected chi connectivity index (χ2v) is 4.93. The molecule has 1 aliphatic rings. The third kappa shape index (κ3) is 3.25. The van der Waals surface area contributed by atoms with Crippen molar-refractivity contribution in [3.05, 3.63) is 0 Å². The number of hydrogen-bond acceptors (Lipinski definition) is 1. The largest absolute Gasteiger partial charge is 0.374 e. The van der Waals surface area contributed by atoms with Crippen molar-refractivity contribution in [3.8, 4) is 0 Å². The third-order valence-corrected chi connectivity index (χ3v) is 3.93. The van der Waals surface area contributed by atoms with Crippen LogP contribution in [0, 0.1) is 5.92 Å². The van der Waals surface area contributed by atoms with Crippen molar-refractivity contribution < 1.29 is 4.74 Å². The summed E-state index contributed by atoms with van der Waals surface area (Å²) in [7, 11) is 0. The summed E-state index contributed by atoms with van der Waals surface area (Å²) in [5, 5.41) is 1.00. The molecule has 2 heteroatoms. The molecule has 0 bridgehead atoms. The Morgan fingerprint density at radius 1 is 1.54 bits per heavy atom. The van der Waals surface area contributed by atoms with Gasteiger partial charge in [-0.1, -0.05) is 42.6 Å². The van der Waals surface area contributed by atoms with E-state index in [1.165, 1.54) is 25.7 Å². The van der Waals surface area contributed by atoms with E-state index in [0.29, 0.717) is 0 Å². The van der Waals surface area contributed by atoms with Gasteiger partial charge in [-0.25, -0.2) is 0 Å². The van der Waals surface area contributed by atoms with Crippen molar-refractivity contribution in [2.45, 2.75) is 51.6 Å². The van der Waals surface area contributed by atoms with Gasteiger partial charge >= 0.3 is 0 Å². The third-order valence-electron chi connectivity index (χ3n) is 2.91. The zero-order chi connectivity index (χ0) is 9.73. The summed E-state index contributed by atoms with van der Waals surface area (Å²) in [5.41, 5.74) is 0.160. The van der Waals surface area contributed by atoms with Gasteiger partial charge in [0.1, 0.15) is 0 Å². The van der Waals surface area contributed by atoms with Gasteiger partial charge in [0.2, 0.25) is 0 Å². The first-order chi connectivity index (χ1) is 6.22. The predicted molar refractivity (Wildman–Crippen MR) is 60.4 cm³/mol. The standard InChI is InChI=1S/C11H21BrO/c1-3-7-13-11(9-12)6-4-5-10(2)8-11/h10H,3-9H2,1-2H3. The lowest BCUT2D eigenvalue weighted by atomic mass is 9.80. The normalized spacial score (nSPS) is 34.8. The molecule has 0 amide bonds. The summed E-state index contributed by atoms with van der Waals surface area (Å²) in [6, 6.07) is 0. The smallest absolute Gasteiger partial charge is 0.0781 e. The Hall–Kier alpha value is 0.440. The SMILES string of the molecule is CCCOC1(CBr)CCCC(C)C1. The fraction of sp³-hybridized carbons (Fsp3) is 1.00. The molecule has 0 spiro atoms. The number of rotatable bonds is 4. The van der Waals surface area contributed by atoms with E-state index in [2.05, 4.69) is 29.8 Å². The fourth-order valence-corrected chi connectivity index (χ4v) is 2.89. The molecule has 2 atom stereocenters. The Balaban J connectivity index is 2.46. The van der Waals surface area contributed by atoms with Crippen LogP contribution in [0.3, 0.4) is 0 Å². The Kier molecular flexibility index (Phi) is 4.74. The summed E-state index contributed by atoms with van der Waals surface area (Å²) in [4.78, 5) is 0. The monoisotopic (exact) mass is 248 g/mol. The Morgan fingerprint density at radius 3 is 2.85 bits per heavy atom. The van der Waals surface area contributed by atoms with Gasteiger partial charge in [-0.2, -0.15) is 0 Å². The lowest BCUT2D eigenvalue weighted by Gasteiger charge is -2.38. The first-order valence-electron chi connectivity index (χ1n) is 5.42. The first kappa shape index (κ1) is 11.5. The molecular formula is C11H21BrO. The summed E-state index contributed by atoms with van der Waals surface area (Å²) in [5.74, 6) is 0.836. The first-order valence-corrected chi connectivity index (χ1v) is 6.54. The van der Waals surface area contributed by atoms with Crippen LogP contribution in [-0.2, 0) is 4.74 Å². The highest BCUT2D eigenvalue weighted by molar-refractivity contribution is 9.09. The maximum atomic E-state index is 5.99. The maximum Gasteiger partial charge on any atom is 0.0781 e. The maximum absolute atomic E-state index is 5.99. The average molecular weight is 249 g/mol. The minimum atomic E-state index is 0.160. The molecule has 0 aromatic heterocycles. The molecule has 0 saturated heterocycles. The Labute approximate surface area is 90.4 Å². The fourth-order valence-electron chi connectivity index (χ4n) is 2.22. The topological polar surface area (TPSA) is 9.23 Å². The number of halogens is 1. The molecule has 2 unspecified atom stereocenters. The lowest BCUT2D eigenvalue weighted by molar-refractivity contribution is -0.0625. The molecule has 1 fully saturated rings. The van der Waals surface area contributed by atoms with Gasteiger partial charge in [0.25, 0.3) is 0 Å². The highest BCUT2D eigenvalue weighted by atomic mass is 79.9. The van der Waals surface area contributed by atoms with Crippen molar-refractivity contribution in [3.63, 3.8) is 0 Å². The van der Waals surface area contributed by atoms with Gasteiger partial charge in [-0.3, -0.25) is 0 Å². The van der Waals surface area contributed by atoms with Crippen molar-refractivity contribution in [2.24, 2.45) is 5.92 Å². The second kappa shape index (κ2) is 5.35. The molecule has 0 heterocycles. The van der Waals surface area contributed by atoms with E-state index in [9.17, 15) is 0 Å². The van der Waals surface area contributed by atoms with Crippen LogP contribution in [0.5, 0.6) is 0 Å². The minimum absolute atomic E-state index is 0.160. The van der Waals surface area contributed by atoms with Gasteiger partial charge in [-0.05, 0) is 25.2 Å². The number of ether oxygens (including phenoxy) is 1. The van der Waals surface area contributed by atoms with Gasteiger partial charge in [0, 0.05) is 11.9 Å². The summed E-state index contributed by atoms with van der Waals surface area (Å²) in [6.07, 6.45) is 6.31. The molecule has 0 aromatic carbocycles. The molecule has 0 aromatic rings. The van der Waals surface area contributed by atoms with E-state index in [1.807, 2.05) is 0 Å². The molecule has 1 aliphatic carbocycles. The van der Waals surface area contributed by atoms with E-state index in [-0.39, 0.29) is 5.60 Å². The Morgan fingerprint density at radius 2 is 2.31 bits per heavy atom. The zero-order valence-corrected chi connectivity index (χ0v) is 10.4. The van der Waals surface area contributed by atoms with E-state index >= 15 is 0 Å². The van der Waals surface area contributed by atoms with Gasteiger partial charge in [-0.15, -0.1) is 0 Å². The lowest BCUT2D eigenvalue weighted by Crippen LogP contribution is -2.39. The van der Waals surface area contributed by atoms with Gasteiger partial charge in [0.15, 0.2) is 0 Å².